The maximum absolute atomic E-state index is 13.0. The molecule has 0 radical (unpaired) electrons. The van der Waals surface area contributed by atoms with E-state index < -0.39 is 0 Å². The molecule has 1 aliphatic carbocycles. The second kappa shape index (κ2) is 10.5. The van der Waals surface area contributed by atoms with Gasteiger partial charge in [0.05, 0.1) is 17.5 Å². The summed E-state index contributed by atoms with van der Waals surface area (Å²) in [5.41, 5.74) is 1.55. The molecular weight excluding hydrogens is 426 g/mol. The molecule has 2 aliphatic rings. The summed E-state index contributed by atoms with van der Waals surface area (Å²) in [6, 6.07) is 15.5. The van der Waals surface area contributed by atoms with E-state index in [1.165, 1.54) is 38.8 Å². The fourth-order valence-corrected chi connectivity index (χ4v) is 4.94. The van der Waals surface area contributed by atoms with Crippen LogP contribution in [-0.2, 0) is 0 Å². The van der Waals surface area contributed by atoms with Crippen LogP contribution in [0, 0.1) is 5.92 Å². The van der Waals surface area contributed by atoms with Crippen molar-refractivity contribution in [2.75, 3.05) is 26.2 Å². The van der Waals surface area contributed by atoms with E-state index in [-0.39, 0.29) is 5.69 Å². The molecule has 1 saturated carbocycles. The molecule has 180 valence electrons. The number of ether oxygens (including phenoxy) is 2. The lowest BCUT2D eigenvalue weighted by Gasteiger charge is -2.29. The van der Waals surface area contributed by atoms with Crippen molar-refractivity contribution in [2.45, 2.75) is 51.6 Å². The number of nitrogens with zero attached hydrogens (tertiary/aromatic N) is 3. The average Bonchev–Trinajstić information content (AvgIpc) is 3.51. The van der Waals surface area contributed by atoms with Crippen molar-refractivity contribution >= 4 is 0 Å². The van der Waals surface area contributed by atoms with Gasteiger partial charge in [0.15, 0.2) is 0 Å². The molecule has 0 unspecified atom stereocenters. The Balaban J connectivity index is 1.18. The second-order valence-corrected chi connectivity index (χ2v) is 9.71. The van der Waals surface area contributed by atoms with Gasteiger partial charge in [0.2, 0.25) is 0 Å². The Labute approximate surface area is 201 Å². The molecule has 6 heteroatoms. The predicted molar refractivity (Wildman–Crippen MR) is 135 cm³/mol. The van der Waals surface area contributed by atoms with Gasteiger partial charge < -0.3 is 9.47 Å². The molecule has 6 nitrogen and oxygen atoms in total. The van der Waals surface area contributed by atoms with Gasteiger partial charge in [-0.1, -0.05) is 6.92 Å². The minimum atomic E-state index is -0.0996. The highest BCUT2D eigenvalue weighted by Gasteiger charge is 2.17. The minimum absolute atomic E-state index is 0.0996. The summed E-state index contributed by atoms with van der Waals surface area (Å²) >= 11 is 0. The Morgan fingerprint density at radius 3 is 1.94 bits per heavy atom. The zero-order valence-electron chi connectivity index (χ0n) is 20.1. The largest absolute Gasteiger partial charge is 0.492 e. The fraction of sp³-hybridized carbons (Fsp3) is 0.464. The van der Waals surface area contributed by atoms with Crippen LogP contribution in [0.4, 0.5) is 0 Å². The minimum Gasteiger partial charge on any atom is -0.492 e. The van der Waals surface area contributed by atoms with Crippen molar-refractivity contribution in [3.8, 4) is 22.9 Å². The Morgan fingerprint density at radius 2 is 1.35 bits per heavy atom. The highest BCUT2D eigenvalue weighted by molar-refractivity contribution is 5.40. The molecule has 0 spiro atoms. The third-order valence-corrected chi connectivity index (χ3v) is 7.16. The molecule has 2 fully saturated rings. The number of hydrogen-bond donors (Lipinski definition) is 0. The molecular formula is C28H35N3O3. The molecule has 5 rings (SSSR count). The van der Waals surface area contributed by atoms with E-state index in [1.54, 1.807) is 21.5 Å². The van der Waals surface area contributed by atoms with Crippen LogP contribution in [0.2, 0.25) is 0 Å². The van der Waals surface area contributed by atoms with Crippen LogP contribution >= 0.6 is 0 Å². The van der Waals surface area contributed by atoms with Crippen LogP contribution in [0.15, 0.2) is 65.7 Å². The van der Waals surface area contributed by atoms with Gasteiger partial charge in [-0.3, -0.25) is 14.0 Å². The van der Waals surface area contributed by atoms with Crippen LogP contribution in [-0.4, -0.2) is 46.4 Å². The van der Waals surface area contributed by atoms with Crippen LogP contribution in [0.25, 0.3) is 11.4 Å². The lowest BCUT2D eigenvalue weighted by molar-refractivity contribution is 0.160. The Hall–Kier alpha value is -2.99. The van der Waals surface area contributed by atoms with Crippen molar-refractivity contribution in [3.63, 3.8) is 0 Å². The number of benzene rings is 2. The van der Waals surface area contributed by atoms with Gasteiger partial charge in [-0.2, -0.15) is 0 Å². The summed E-state index contributed by atoms with van der Waals surface area (Å²) in [5, 5.41) is 0. The summed E-state index contributed by atoms with van der Waals surface area (Å²) in [6.45, 7) is 6.31. The summed E-state index contributed by atoms with van der Waals surface area (Å²) in [6.07, 6.45) is 11.3. The van der Waals surface area contributed by atoms with Crippen molar-refractivity contribution in [1.29, 1.82) is 0 Å². The van der Waals surface area contributed by atoms with Crippen molar-refractivity contribution in [3.05, 3.63) is 71.4 Å². The Kier molecular flexibility index (Phi) is 7.05. The van der Waals surface area contributed by atoms with Gasteiger partial charge in [0, 0.05) is 18.9 Å². The fourth-order valence-electron chi connectivity index (χ4n) is 4.94. The van der Waals surface area contributed by atoms with Gasteiger partial charge in [0.25, 0.3) is 0 Å². The first kappa shape index (κ1) is 22.8. The maximum atomic E-state index is 13.0. The van der Waals surface area contributed by atoms with Gasteiger partial charge in [-0.15, -0.1) is 0 Å². The van der Waals surface area contributed by atoms with E-state index in [4.69, 9.17) is 9.47 Å². The zero-order chi connectivity index (χ0) is 23.3. The van der Waals surface area contributed by atoms with Crippen LogP contribution < -0.4 is 15.2 Å². The lowest BCUT2D eigenvalue weighted by Crippen LogP contribution is -2.35. The molecule has 0 bridgehead atoms. The third kappa shape index (κ3) is 5.39. The summed E-state index contributed by atoms with van der Waals surface area (Å²) in [4.78, 5) is 15.5. The molecule has 1 aliphatic heterocycles. The first-order chi connectivity index (χ1) is 16.7. The summed E-state index contributed by atoms with van der Waals surface area (Å²) < 4.78 is 15.3. The Morgan fingerprint density at radius 1 is 0.794 bits per heavy atom. The molecule has 2 aromatic carbocycles. The summed E-state index contributed by atoms with van der Waals surface area (Å²) in [5.74, 6) is 2.55. The molecule has 1 saturated heterocycles. The topological polar surface area (TPSA) is 48.6 Å². The van der Waals surface area contributed by atoms with Crippen molar-refractivity contribution in [2.24, 2.45) is 5.92 Å². The quantitative estimate of drug-likeness (QED) is 0.470. The molecule has 34 heavy (non-hydrogen) atoms. The molecule has 2 heterocycles. The van der Waals surface area contributed by atoms with Gasteiger partial charge in [0.1, 0.15) is 18.1 Å². The molecule has 1 aromatic heterocycles. The predicted octanol–water partition coefficient (Wildman–Crippen LogP) is 5.06. The van der Waals surface area contributed by atoms with Gasteiger partial charge in [-0.05, 0) is 106 Å². The smallest absolute Gasteiger partial charge is 0.337 e. The highest BCUT2D eigenvalue weighted by Crippen LogP contribution is 2.25. The SMILES string of the molecule is CC1CCN(CCOc2ccc(-n3ccn(-c4ccc(OC5CCCC5)cc4)c3=O)cc2)CC1. The van der Waals surface area contributed by atoms with E-state index in [0.29, 0.717) is 12.7 Å². The first-order valence-electron chi connectivity index (χ1n) is 12.7. The standard InChI is InChI=1S/C28H35N3O3/c1-22-14-16-29(17-15-22)20-21-33-25-10-6-23(7-11-25)30-18-19-31(28(30)32)24-8-12-27(13-9-24)34-26-4-2-3-5-26/h6-13,18-19,22,26H,2-5,14-17,20-21H2,1H3. The average molecular weight is 462 g/mol. The number of hydrogen-bond acceptors (Lipinski definition) is 4. The molecule has 0 amide bonds. The number of piperidine rings is 1. The third-order valence-electron chi connectivity index (χ3n) is 7.16. The number of imidazole rings is 1. The monoisotopic (exact) mass is 461 g/mol. The highest BCUT2D eigenvalue weighted by atomic mass is 16.5. The Bertz CT molecular complexity index is 1100. The van der Waals surface area contributed by atoms with E-state index in [2.05, 4.69) is 11.8 Å². The van der Waals surface area contributed by atoms with Gasteiger partial charge >= 0.3 is 5.69 Å². The van der Waals surface area contributed by atoms with E-state index in [1.807, 2.05) is 48.5 Å². The van der Waals surface area contributed by atoms with E-state index >= 15 is 0 Å². The molecule has 0 N–H and O–H groups in total. The van der Waals surface area contributed by atoms with E-state index in [0.717, 1.165) is 48.2 Å². The number of likely N-dealkylation sites (tertiary alicyclic amines) is 1. The van der Waals surface area contributed by atoms with Crippen LogP contribution in [0.5, 0.6) is 11.5 Å². The maximum Gasteiger partial charge on any atom is 0.337 e. The van der Waals surface area contributed by atoms with Crippen LogP contribution in [0.1, 0.15) is 45.4 Å². The lowest BCUT2D eigenvalue weighted by atomic mass is 9.99. The van der Waals surface area contributed by atoms with Crippen molar-refractivity contribution in [1.82, 2.24) is 14.0 Å². The normalized spacial score (nSPS) is 17.8. The second-order valence-electron chi connectivity index (χ2n) is 9.71. The van der Waals surface area contributed by atoms with Crippen LogP contribution in [0.3, 0.4) is 0 Å². The zero-order valence-corrected chi connectivity index (χ0v) is 20.1. The number of rotatable bonds is 8. The van der Waals surface area contributed by atoms with Crippen molar-refractivity contribution < 1.29 is 9.47 Å². The van der Waals surface area contributed by atoms with E-state index in [9.17, 15) is 4.79 Å². The number of aromatic nitrogens is 2. The molecule has 0 atom stereocenters. The van der Waals surface area contributed by atoms with Gasteiger partial charge in [-0.25, -0.2) is 4.79 Å². The summed E-state index contributed by atoms with van der Waals surface area (Å²) in [7, 11) is 0. The molecule has 3 aromatic rings. The first-order valence-corrected chi connectivity index (χ1v) is 12.7.